The lowest BCUT2D eigenvalue weighted by atomic mass is 10.2. The van der Waals surface area contributed by atoms with Crippen molar-refractivity contribution in [3.05, 3.63) is 29.8 Å². The fraction of sp³-hybridized carbons (Fsp3) is 0.300. The molecular formula is C10H11F3N2O2. The molecule has 1 atom stereocenters. The van der Waals surface area contributed by atoms with E-state index in [1.165, 1.54) is 19.1 Å². The van der Waals surface area contributed by atoms with Gasteiger partial charge in [0.15, 0.2) is 11.9 Å². The van der Waals surface area contributed by atoms with E-state index in [0.29, 0.717) is 0 Å². The summed E-state index contributed by atoms with van der Waals surface area (Å²) in [5.74, 6) is -0.221. The van der Waals surface area contributed by atoms with Gasteiger partial charge in [-0.2, -0.15) is 13.2 Å². The van der Waals surface area contributed by atoms with Crippen LogP contribution in [-0.4, -0.2) is 17.1 Å². The second-order valence-corrected chi connectivity index (χ2v) is 3.31. The first-order valence-corrected chi connectivity index (χ1v) is 4.66. The number of nitrogens with two attached hydrogens (primary N) is 1. The molecule has 0 saturated heterocycles. The number of halogens is 3. The van der Waals surface area contributed by atoms with Crippen molar-refractivity contribution in [2.75, 3.05) is 0 Å². The van der Waals surface area contributed by atoms with Gasteiger partial charge in [0.05, 0.1) is 5.56 Å². The van der Waals surface area contributed by atoms with Crippen LogP contribution in [0.3, 0.4) is 0 Å². The van der Waals surface area contributed by atoms with Crippen LogP contribution >= 0.6 is 0 Å². The number of ether oxygens (including phenoxy) is 1. The minimum Gasteiger partial charge on any atom is -0.483 e. The molecule has 0 aromatic heterocycles. The van der Waals surface area contributed by atoms with E-state index in [4.69, 9.17) is 15.7 Å². The van der Waals surface area contributed by atoms with Gasteiger partial charge in [0.1, 0.15) is 5.75 Å². The number of hydrogen-bond donors (Lipinski definition) is 2. The van der Waals surface area contributed by atoms with Gasteiger partial charge in [-0.1, -0.05) is 11.2 Å². The number of amidine groups is 1. The summed E-state index contributed by atoms with van der Waals surface area (Å²) >= 11 is 0. The molecule has 0 spiro atoms. The molecule has 1 aromatic carbocycles. The third-order valence-corrected chi connectivity index (χ3v) is 2.01. The molecule has 0 aliphatic carbocycles. The molecular weight excluding hydrogens is 237 g/mol. The van der Waals surface area contributed by atoms with Crippen LogP contribution in [0, 0.1) is 0 Å². The van der Waals surface area contributed by atoms with Crippen LogP contribution in [0.4, 0.5) is 13.2 Å². The number of hydrogen-bond acceptors (Lipinski definition) is 3. The zero-order valence-corrected chi connectivity index (χ0v) is 8.90. The van der Waals surface area contributed by atoms with Gasteiger partial charge in [-0.3, -0.25) is 0 Å². The van der Waals surface area contributed by atoms with E-state index in [1.807, 2.05) is 0 Å². The molecule has 0 amide bonds. The van der Waals surface area contributed by atoms with Crippen LogP contribution in [-0.2, 0) is 6.18 Å². The molecule has 4 nitrogen and oxygen atoms in total. The highest BCUT2D eigenvalue weighted by Crippen LogP contribution is 2.31. The second kappa shape index (κ2) is 4.94. The highest BCUT2D eigenvalue weighted by molar-refractivity contribution is 5.84. The van der Waals surface area contributed by atoms with E-state index in [2.05, 4.69) is 5.16 Å². The quantitative estimate of drug-likeness (QED) is 0.373. The van der Waals surface area contributed by atoms with Crippen molar-refractivity contribution < 1.29 is 23.1 Å². The summed E-state index contributed by atoms with van der Waals surface area (Å²) in [5, 5.41) is 11.1. The van der Waals surface area contributed by atoms with Gasteiger partial charge >= 0.3 is 6.18 Å². The zero-order chi connectivity index (χ0) is 13.1. The molecule has 0 saturated carbocycles. The maximum absolute atomic E-state index is 12.4. The Morgan fingerprint density at radius 3 is 2.65 bits per heavy atom. The van der Waals surface area contributed by atoms with E-state index in [0.717, 1.165) is 12.1 Å². The van der Waals surface area contributed by atoms with Crippen molar-refractivity contribution in [3.63, 3.8) is 0 Å². The number of benzene rings is 1. The smallest absolute Gasteiger partial charge is 0.416 e. The predicted octanol–water partition coefficient (Wildman–Crippen LogP) is 2.22. The summed E-state index contributed by atoms with van der Waals surface area (Å²) in [6.07, 6.45) is -5.25. The molecule has 1 aromatic rings. The van der Waals surface area contributed by atoms with Crippen LogP contribution in [0.1, 0.15) is 12.5 Å². The van der Waals surface area contributed by atoms with Gasteiger partial charge in [-0.25, -0.2) is 0 Å². The number of oxime groups is 1. The first-order chi connectivity index (χ1) is 7.84. The first kappa shape index (κ1) is 13.1. The van der Waals surface area contributed by atoms with Gasteiger partial charge in [-0.05, 0) is 25.1 Å². The minimum absolute atomic E-state index is 0.000995. The molecule has 3 N–H and O–H groups in total. The number of alkyl halides is 3. The Bertz CT molecular complexity index is 418. The largest absolute Gasteiger partial charge is 0.483 e. The summed E-state index contributed by atoms with van der Waals surface area (Å²) in [5.41, 5.74) is 4.42. The highest BCUT2D eigenvalue weighted by Gasteiger charge is 2.30. The van der Waals surface area contributed by atoms with Crippen molar-refractivity contribution in [2.24, 2.45) is 10.9 Å². The van der Waals surface area contributed by atoms with Crippen LogP contribution in [0.25, 0.3) is 0 Å². The lowest BCUT2D eigenvalue weighted by Gasteiger charge is -2.14. The molecule has 0 heterocycles. The average molecular weight is 248 g/mol. The van der Waals surface area contributed by atoms with E-state index in [9.17, 15) is 13.2 Å². The maximum Gasteiger partial charge on any atom is 0.416 e. The summed E-state index contributed by atoms with van der Waals surface area (Å²) in [6.45, 7) is 1.45. The summed E-state index contributed by atoms with van der Waals surface area (Å²) in [7, 11) is 0. The monoisotopic (exact) mass is 248 g/mol. The highest BCUT2D eigenvalue weighted by atomic mass is 19.4. The maximum atomic E-state index is 12.4. The lowest BCUT2D eigenvalue weighted by molar-refractivity contribution is -0.137. The Kier molecular flexibility index (Phi) is 3.82. The lowest BCUT2D eigenvalue weighted by Crippen LogP contribution is -2.31. The van der Waals surface area contributed by atoms with Gasteiger partial charge in [-0.15, -0.1) is 0 Å². The molecule has 0 radical (unpaired) electrons. The van der Waals surface area contributed by atoms with E-state index < -0.39 is 17.8 Å². The fourth-order valence-corrected chi connectivity index (χ4v) is 1.09. The van der Waals surface area contributed by atoms with E-state index in [1.54, 1.807) is 0 Å². The van der Waals surface area contributed by atoms with Crippen LogP contribution in [0.2, 0.25) is 0 Å². The summed E-state index contributed by atoms with van der Waals surface area (Å²) < 4.78 is 42.2. The Morgan fingerprint density at radius 1 is 1.47 bits per heavy atom. The average Bonchev–Trinajstić information content (AvgIpc) is 2.27. The third kappa shape index (κ3) is 3.54. The minimum atomic E-state index is -4.43. The van der Waals surface area contributed by atoms with Gasteiger partial charge in [0.25, 0.3) is 0 Å². The van der Waals surface area contributed by atoms with Crippen LogP contribution < -0.4 is 10.5 Å². The Labute approximate surface area is 95.5 Å². The normalized spacial score (nSPS) is 14.5. The SMILES string of the molecule is CC(Oc1cccc(C(F)(F)F)c1)C(N)=NO. The predicted molar refractivity (Wildman–Crippen MR) is 54.9 cm³/mol. The Hall–Kier alpha value is -1.92. The molecule has 0 aliphatic heterocycles. The Morgan fingerprint density at radius 2 is 2.12 bits per heavy atom. The van der Waals surface area contributed by atoms with Crippen molar-refractivity contribution in [1.82, 2.24) is 0 Å². The van der Waals surface area contributed by atoms with Gasteiger partial charge < -0.3 is 15.7 Å². The van der Waals surface area contributed by atoms with Crippen molar-refractivity contribution >= 4 is 5.84 Å². The molecule has 1 unspecified atom stereocenters. The van der Waals surface area contributed by atoms with E-state index in [-0.39, 0.29) is 11.6 Å². The van der Waals surface area contributed by atoms with Crippen molar-refractivity contribution in [1.29, 1.82) is 0 Å². The van der Waals surface area contributed by atoms with Crippen molar-refractivity contribution in [2.45, 2.75) is 19.2 Å². The third-order valence-electron chi connectivity index (χ3n) is 2.01. The summed E-state index contributed by atoms with van der Waals surface area (Å²) in [6, 6.07) is 4.36. The van der Waals surface area contributed by atoms with Gasteiger partial charge in [0, 0.05) is 0 Å². The number of rotatable bonds is 3. The molecule has 1 rings (SSSR count). The Balaban J connectivity index is 2.87. The van der Waals surface area contributed by atoms with Crippen LogP contribution in [0.15, 0.2) is 29.4 Å². The zero-order valence-electron chi connectivity index (χ0n) is 8.90. The molecule has 0 aliphatic rings. The standard InChI is InChI=1S/C10H11F3N2O2/c1-6(9(14)15-16)17-8-4-2-3-7(5-8)10(11,12)13/h2-6,16H,1H3,(H2,14,15). The van der Waals surface area contributed by atoms with E-state index >= 15 is 0 Å². The molecule has 0 bridgehead atoms. The molecule has 7 heteroatoms. The fourth-order valence-electron chi connectivity index (χ4n) is 1.09. The van der Waals surface area contributed by atoms with Crippen molar-refractivity contribution in [3.8, 4) is 5.75 Å². The van der Waals surface area contributed by atoms with Crippen LogP contribution in [0.5, 0.6) is 5.75 Å². The topological polar surface area (TPSA) is 67.8 Å². The van der Waals surface area contributed by atoms with Gasteiger partial charge in [0.2, 0.25) is 0 Å². The molecule has 94 valence electrons. The first-order valence-electron chi connectivity index (χ1n) is 4.66. The summed E-state index contributed by atoms with van der Waals surface area (Å²) in [4.78, 5) is 0. The number of nitrogens with zero attached hydrogens (tertiary/aromatic N) is 1. The molecule has 0 fully saturated rings. The molecule has 17 heavy (non-hydrogen) atoms. The second-order valence-electron chi connectivity index (χ2n) is 3.31.